The summed E-state index contributed by atoms with van der Waals surface area (Å²) in [7, 11) is 3.54. The molecule has 0 aliphatic rings. The number of nitrogens with one attached hydrogen (secondary N) is 1. The topological polar surface area (TPSA) is 45.2 Å². The van der Waals surface area contributed by atoms with Gasteiger partial charge in [-0.2, -0.15) is 0 Å². The summed E-state index contributed by atoms with van der Waals surface area (Å²) in [5, 5.41) is 3.20. The van der Waals surface area contributed by atoms with E-state index in [-0.39, 0.29) is 5.91 Å². The standard InChI is InChI=1S/C9H15N3OS/c1-12(2)9(13)3-4-10-5-8-6-11-7-14-8/h6-7,10H,3-5H2,1-2H3. The summed E-state index contributed by atoms with van der Waals surface area (Å²) in [6.07, 6.45) is 2.39. The van der Waals surface area contributed by atoms with E-state index in [1.54, 1.807) is 30.3 Å². The molecule has 14 heavy (non-hydrogen) atoms. The van der Waals surface area contributed by atoms with Crippen molar-refractivity contribution in [2.24, 2.45) is 0 Å². The van der Waals surface area contributed by atoms with Gasteiger partial charge >= 0.3 is 0 Å². The molecule has 0 aromatic carbocycles. The zero-order valence-electron chi connectivity index (χ0n) is 8.49. The van der Waals surface area contributed by atoms with Crippen LogP contribution in [0.15, 0.2) is 11.7 Å². The Morgan fingerprint density at radius 1 is 1.64 bits per heavy atom. The van der Waals surface area contributed by atoms with Crippen LogP contribution >= 0.6 is 11.3 Å². The van der Waals surface area contributed by atoms with Gasteiger partial charge in [0, 0.05) is 44.7 Å². The van der Waals surface area contributed by atoms with Crippen molar-refractivity contribution in [3.63, 3.8) is 0 Å². The van der Waals surface area contributed by atoms with Crippen LogP contribution in [0.4, 0.5) is 0 Å². The molecule has 0 aliphatic carbocycles. The fourth-order valence-corrected chi connectivity index (χ4v) is 1.52. The van der Waals surface area contributed by atoms with Crippen molar-refractivity contribution in [1.82, 2.24) is 15.2 Å². The molecular formula is C9H15N3OS. The molecule has 1 N–H and O–H groups in total. The maximum Gasteiger partial charge on any atom is 0.223 e. The van der Waals surface area contributed by atoms with E-state index in [9.17, 15) is 4.79 Å². The van der Waals surface area contributed by atoms with Crippen molar-refractivity contribution in [3.05, 3.63) is 16.6 Å². The third-order valence-corrected chi connectivity index (χ3v) is 2.58. The Kier molecular flexibility index (Phi) is 4.55. The van der Waals surface area contributed by atoms with Gasteiger partial charge in [0.05, 0.1) is 5.51 Å². The third kappa shape index (κ3) is 3.85. The number of hydrogen-bond acceptors (Lipinski definition) is 4. The highest BCUT2D eigenvalue weighted by atomic mass is 32.1. The van der Waals surface area contributed by atoms with E-state index in [4.69, 9.17) is 0 Å². The molecule has 0 spiro atoms. The molecule has 1 heterocycles. The molecule has 0 atom stereocenters. The molecular weight excluding hydrogens is 198 g/mol. The van der Waals surface area contributed by atoms with Crippen LogP contribution in [0.5, 0.6) is 0 Å². The number of carbonyl (C=O) groups excluding carboxylic acids is 1. The van der Waals surface area contributed by atoms with Crippen LogP contribution in [0.25, 0.3) is 0 Å². The van der Waals surface area contributed by atoms with Crippen molar-refractivity contribution in [2.45, 2.75) is 13.0 Å². The number of thiazole rings is 1. The fourth-order valence-electron chi connectivity index (χ4n) is 0.960. The first-order chi connectivity index (χ1) is 6.70. The predicted molar refractivity (Wildman–Crippen MR) is 57.1 cm³/mol. The van der Waals surface area contributed by atoms with Gasteiger partial charge in [-0.05, 0) is 0 Å². The van der Waals surface area contributed by atoms with Gasteiger partial charge in [0.15, 0.2) is 0 Å². The molecule has 0 aliphatic heterocycles. The van der Waals surface area contributed by atoms with Gasteiger partial charge in [0.25, 0.3) is 0 Å². The van der Waals surface area contributed by atoms with Crippen LogP contribution in [-0.4, -0.2) is 36.4 Å². The van der Waals surface area contributed by atoms with E-state index in [0.717, 1.165) is 13.1 Å². The molecule has 1 aromatic rings. The van der Waals surface area contributed by atoms with Crippen LogP contribution in [0.1, 0.15) is 11.3 Å². The van der Waals surface area contributed by atoms with E-state index < -0.39 is 0 Å². The highest BCUT2D eigenvalue weighted by Gasteiger charge is 2.02. The number of nitrogens with zero attached hydrogens (tertiary/aromatic N) is 2. The molecule has 0 fully saturated rings. The number of carbonyl (C=O) groups is 1. The maximum atomic E-state index is 11.2. The molecule has 0 saturated carbocycles. The number of aromatic nitrogens is 1. The molecule has 1 rings (SSSR count). The van der Waals surface area contributed by atoms with Crippen molar-refractivity contribution < 1.29 is 4.79 Å². The Morgan fingerprint density at radius 3 is 3.00 bits per heavy atom. The first-order valence-corrected chi connectivity index (χ1v) is 5.36. The molecule has 0 unspecified atom stereocenters. The van der Waals surface area contributed by atoms with Crippen LogP contribution < -0.4 is 5.32 Å². The molecule has 78 valence electrons. The molecule has 0 saturated heterocycles. The number of rotatable bonds is 5. The summed E-state index contributed by atoms with van der Waals surface area (Å²) in [6.45, 7) is 1.51. The number of amides is 1. The first-order valence-electron chi connectivity index (χ1n) is 4.48. The van der Waals surface area contributed by atoms with Crippen molar-refractivity contribution >= 4 is 17.2 Å². The lowest BCUT2D eigenvalue weighted by atomic mass is 10.4. The van der Waals surface area contributed by atoms with E-state index in [1.807, 2.05) is 11.7 Å². The lowest BCUT2D eigenvalue weighted by Crippen LogP contribution is -2.26. The number of hydrogen-bond donors (Lipinski definition) is 1. The summed E-state index contributed by atoms with van der Waals surface area (Å²) in [4.78, 5) is 18.0. The highest BCUT2D eigenvalue weighted by Crippen LogP contribution is 2.03. The molecule has 0 radical (unpaired) electrons. The average molecular weight is 213 g/mol. The highest BCUT2D eigenvalue weighted by molar-refractivity contribution is 7.09. The minimum Gasteiger partial charge on any atom is -0.349 e. The second-order valence-electron chi connectivity index (χ2n) is 3.18. The summed E-state index contributed by atoms with van der Waals surface area (Å²) in [6, 6.07) is 0. The van der Waals surface area contributed by atoms with E-state index in [0.29, 0.717) is 6.42 Å². The van der Waals surface area contributed by atoms with Gasteiger partial charge in [0.2, 0.25) is 5.91 Å². The fraction of sp³-hybridized carbons (Fsp3) is 0.556. The lowest BCUT2D eigenvalue weighted by Gasteiger charge is -2.09. The van der Waals surface area contributed by atoms with Gasteiger partial charge in [-0.25, -0.2) is 0 Å². The monoisotopic (exact) mass is 213 g/mol. The molecule has 1 aromatic heterocycles. The summed E-state index contributed by atoms with van der Waals surface area (Å²) in [5.41, 5.74) is 1.81. The molecule has 4 nitrogen and oxygen atoms in total. The minimum absolute atomic E-state index is 0.154. The largest absolute Gasteiger partial charge is 0.349 e. The summed E-state index contributed by atoms with van der Waals surface area (Å²) >= 11 is 1.62. The van der Waals surface area contributed by atoms with Gasteiger partial charge in [-0.15, -0.1) is 11.3 Å². The van der Waals surface area contributed by atoms with Gasteiger partial charge in [-0.1, -0.05) is 0 Å². The Balaban J connectivity index is 2.08. The van der Waals surface area contributed by atoms with Crippen molar-refractivity contribution in [2.75, 3.05) is 20.6 Å². The molecule has 5 heteroatoms. The van der Waals surface area contributed by atoms with E-state index in [2.05, 4.69) is 10.3 Å². The van der Waals surface area contributed by atoms with Crippen LogP contribution in [-0.2, 0) is 11.3 Å². The zero-order chi connectivity index (χ0) is 10.4. The summed E-state index contributed by atoms with van der Waals surface area (Å²) < 4.78 is 0. The van der Waals surface area contributed by atoms with Gasteiger partial charge in [-0.3, -0.25) is 9.78 Å². The first kappa shape index (κ1) is 11.1. The lowest BCUT2D eigenvalue weighted by molar-refractivity contribution is -0.128. The van der Waals surface area contributed by atoms with Crippen LogP contribution in [0, 0.1) is 0 Å². The van der Waals surface area contributed by atoms with Crippen molar-refractivity contribution in [3.8, 4) is 0 Å². The Hall–Kier alpha value is -0.940. The smallest absolute Gasteiger partial charge is 0.223 e. The third-order valence-electron chi connectivity index (χ3n) is 1.80. The Morgan fingerprint density at radius 2 is 2.43 bits per heavy atom. The second-order valence-corrected chi connectivity index (χ2v) is 4.15. The van der Waals surface area contributed by atoms with E-state index in [1.165, 1.54) is 4.88 Å². The normalized spacial score (nSPS) is 10.1. The average Bonchev–Trinajstić information content (AvgIpc) is 2.64. The second kappa shape index (κ2) is 5.72. The van der Waals surface area contributed by atoms with Crippen molar-refractivity contribution in [1.29, 1.82) is 0 Å². The molecule has 1 amide bonds. The predicted octanol–water partition coefficient (Wildman–Crippen LogP) is 0.711. The van der Waals surface area contributed by atoms with Crippen LogP contribution in [0.2, 0.25) is 0 Å². The quantitative estimate of drug-likeness (QED) is 0.733. The Labute approximate surface area is 88.0 Å². The van der Waals surface area contributed by atoms with Gasteiger partial charge < -0.3 is 10.2 Å². The SMILES string of the molecule is CN(C)C(=O)CCNCc1cncs1. The maximum absolute atomic E-state index is 11.2. The zero-order valence-corrected chi connectivity index (χ0v) is 9.30. The Bertz CT molecular complexity index is 272. The minimum atomic E-state index is 0.154. The van der Waals surface area contributed by atoms with Crippen LogP contribution in [0.3, 0.4) is 0 Å². The van der Waals surface area contributed by atoms with E-state index >= 15 is 0 Å². The summed E-state index contributed by atoms with van der Waals surface area (Å²) in [5.74, 6) is 0.154. The molecule has 0 bridgehead atoms. The van der Waals surface area contributed by atoms with Gasteiger partial charge in [0.1, 0.15) is 0 Å².